The highest BCUT2D eigenvalue weighted by Gasteiger charge is 2.41. The minimum Gasteiger partial charge on any atom is -0.483 e. The molecule has 2 aliphatic rings. The van der Waals surface area contributed by atoms with Crippen LogP contribution >= 0.6 is 0 Å². The van der Waals surface area contributed by atoms with Crippen molar-refractivity contribution in [2.75, 3.05) is 29.2 Å². The Labute approximate surface area is 276 Å². The van der Waals surface area contributed by atoms with Crippen LogP contribution in [0.25, 0.3) is 0 Å². The molecule has 4 atom stereocenters. The number of hydrogen-bond donors (Lipinski definition) is 3. The van der Waals surface area contributed by atoms with E-state index in [1.807, 2.05) is 75.4 Å². The number of nitrogens with zero attached hydrogens (tertiary/aromatic N) is 2. The molecule has 2 fully saturated rings. The first-order valence-corrected chi connectivity index (χ1v) is 16.0. The number of amides is 3. The molecular weight excluding hydrogens is 597 g/mol. The summed E-state index contributed by atoms with van der Waals surface area (Å²) in [5, 5.41) is 8.78. The van der Waals surface area contributed by atoms with E-state index in [-0.39, 0.29) is 29.7 Å². The standard InChI is InChI=1S/C37H44FN5O4/c1-24(47-5)40-34(37(2,3)4)36(46)42-21-7-10-33(42)35(45)41-29-17-13-26(14-18-29)32-20-19-31(25-11-15-28(16-12-25)39-23-44)43(32)30-9-6-8-27(38)22-30/h6,8-9,11-18,22-23,31-34,40H,1,7,10,19-21H2,2-5H3,(H,39,44)(H,41,45). The first-order valence-electron chi connectivity index (χ1n) is 16.0. The second kappa shape index (κ2) is 14.3. The van der Waals surface area contributed by atoms with Gasteiger partial charge in [-0.05, 0) is 91.3 Å². The van der Waals surface area contributed by atoms with Crippen molar-refractivity contribution >= 4 is 35.3 Å². The molecule has 9 nitrogen and oxygen atoms in total. The maximum absolute atomic E-state index is 14.4. The lowest BCUT2D eigenvalue weighted by Crippen LogP contribution is -2.55. The number of nitrogens with one attached hydrogen (secondary N) is 3. The predicted octanol–water partition coefficient (Wildman–Crippen LogP) is 6.53. The van der Waals surface area contributed by atoms with Crippen molar-refractivity contribution in [1.29, 1.82) is 0 Å². The average Bonchev–Trinajstić information content (AvgIpc) is 3.72. The summed E-state index contributed by atoms with van der Waals surface area (Å²) >= 11 is 0. The van der Waals surface area contributed by atoms with Gasteiger partial charge in [-0.1, -0.05) is 51.1 Å². The van der Waals surface area contributed by atoms with Gasteiger partial charge in [-0.2, -0.15) is 0 Å². The predicted molar refractivity (Wildman–Crippen MR) is 182 cm³/mol. The number of hydrogen-bond acceptors (Lipinski definition) is 6. The Hall–Kier alpha value is -4.86. The van der Waals surface area contributed by atoms with Gasteiger partial charge in [-0.3, -0.25) is 14.4 Å². The zero-order valence-corrected chi connectivity index (χ0v) is 27.5. The van der Waals surface area contributed by atoms with Gasteiger partial charge in [-0.15, -0.1) is 0 Å². The molecule has 3 aromatic rings. The molecule has 248 valence electrons. The third-order valence-electron chi connectivity index (χ3n) is 9.08. The minimum atomic E-state index is -0.607. The monoisotopic (exact) mass is 641 g/mol. The van der Waals surface area contributed by atoms with E-state index in [9.17, 15) is 18.8 Å². The molecule has 0 saturated carbocycles. The van der Waals surface area contributed by atoms with Crippen molar-refractivity contribution in [3.05, 3.63) is 102 Å². The molecule has 2 heterocycles. The van der Waals surface area contributed by atoms with E-state index in [1.165, 1.54) is 13.2 Å². The zero-order chi connectivity index (χ0) is 33.7. The van der Waals surface area contributed by atoms with Gasteiger partial charge in [0.1, 0.15) is 17.9 Å². The molecule has 4 unspecified atom stereocenters. The van der Waals surface area contributed by atoms with Gasteiger partial charge < -0.3 is 30.5 Å². The van der Waals surface area contributed by atoms with Crippen molar-refractivity contribution in [3.63, 3.8) is 0 Å². The number of halogens is 1. The molecule has 3 amide bonds. The van der Waals surface area contributed by atoms with Gasteiger partial charge in [0, 0.05) is 23.6 Å². The van der Waals surface area contributed by atoms with Gasteiger partial charge in [0.25, 0.3) is 0 Å². The van der Waals surface area contributed by atoms with Crippen molar-refractivity contribution in [1.82, 2.24) is 10.2 Å². The van der Waals surface area contributed by atoms with Crippen LogP contribution in [0.3, 0.4) is 0 Å². The van der Waals surface area contributed by atoms with Crippen molar-refractivity contribution in [2.24, 2.45) is 5.41 Å². The number of carbonyl (C=O) groups is 3. The Balaban J connectivity index is 1.32. The van der Waals surface area contributed by atoms with Crippen LogP contribution in [0.1, 0.15) is 69.7 Å². The molecule has 5 rings (SSSR count). The number of likely N-dealkylation sites (tertiary alicyclic amines) is 1. The lowest BCUT2D eigenvalue weighted by Gasteiger charge is -2.36. The van der Waals surface area contributed by atoms with Gasteiger partial charge in [0.2, 0.25) is 18.2 Å². The maximum atomic E-state index is 14.4. The highest BCUT2D eigenvalue weighted by molar-refractivity contribution is 5.98. The summed E-state index contributed by atoms with van der Waals surface area (Å²) in [6.07, 6.45) is 3.67. The molecular formula is C37H44FN5O4. The Kier molecular flexibility index (Phi) is 10.2. The van der Waals surface area contributed by atoms with Crippen LogP contribution in [0.4, 0.5) is 21.5 Å². The third kappa shape index (κ3) is 7.59. The first kappa shape index (κ1) is 33.5. The molecule has 3 N–H and O–H groups in total. The molecule has 3 aromatic carbocycles. The second-order valence-electron chi connectivity index (χ2n) is 13.3. The molecule has 0 aliphatic carbocycles. The minimum absolute atomic E-state index is 0.00446. The summed E-state index contributed by atoms with van der Waals surface area (Å²) in [5.41, 5.74) is 3.82. The quantitative estimate of drug-likeness (QED) is 0.163. The first-order chi connectivity index (χ1) is 22.5. The molecule has 2 saturated heterocycles. The number of anilines is 3. The van der Waals surface area contributed by atoms with Crippen LogP contribution in [0, 0.1) is 11.2 Å². The van der Waals surface area contributed by atoms with E-state index < -0.39 is 17.5 Å². The van der Waals surface area contributed by atoms with Crippen LogP contribution in [-0.2, 0) is 19.1 Å². The van der Waals surface area contributed by atoms with E-state index >= 15 is 0 Å². The lowest BCUT2D eigenvalue weighted by atomic mass is 9.85. The van der Waals surface area contributed by atoms with Gasteiger partial charge >= 0.3 is 0 Å². The Morgan fingerprint density at radius 2 is 1.57 bits per heavy atom. The summed E-state index contributed by atoms with van der Waals surface area (Å²) < 4.78 is 19.6. The fraction of sp³-hybridized carbons (Fsp3) is 0.378. The van der Waals surface area contributed by atoms with E-state index in [1.54, 1.807) is 17.0 Å². The topological polar surface area (TPSA) is 103 Å². The summed E-state index contributed by atoms with van der Waals surface area (Å²) in [6.45, 7) is 10.2. The second-order valence-corrected chi connectivity index (χ2v) is 13.3. The van der Waals surface area contributed by atoms with Crippen LogP contribution < -0.4 is 20.9 Å². The number of benzene rings is 3. The fourth-order valence-electron chi connectivity index (χ4n) is 6.68. The van der Waals surface area contributed by atoms with Crippen molar-refractivity contribution < 1.29 is 23.5 Å². The van der Waals surface area contributed by atoms with E-state index in [0.717, 1.165) is 36.1 Å². The number of ether oxygens (including phenoxy) is 1. The van der Waals surface area contributed by atoms with E-state index in [4.69, 9.17) is 4.74 Å². The largest absolute Gasteiger partial charge is 0.483 e. The third-order valence-corrected chi connectivity index (χ3v) is 9.08. The Bertz CT molecular complexity index is 1590. The van der Waals surface area contributed by atoms with Gasteiger partial charge in [-0.25, -0.2) is 4.39 Å². The number of methoxy groups -OCH3 is 1. The summed E-state index contributed by atoms with van der Waals surface area (Å²) in [5.74, 6) is -0.390. The van der Waals surface area contributed by atoms with Crippen molar-refractivity contribution in [3.8, 4) is 0 Å². The van der Waals surface area contributed by atoms with Gasteiger partial charge in [0.15, 0.2) is 5.88 Å². The molecule has 0 spiro atoms. The summed E-state index contributed by atoms with van der Waals surface area (Å²) in [4.78, 5) is 42.0. The summed E-state index contributed by atoms with van der Waals surface area (Å²) in [7, 11) is 1.50. The smallest absolute Gasteiger partial charge is 0.247 e. The van der Waals surface area contributed by atoms with Crippen LogP contribution in [0.2, 0.25) is 0 Å². The molecule has 10 heteroatoms. The molecule has 0 aromatic heterocycles. The molecule has 0 radical (unpaired) electrons. The highest BCUT2D eigenvalue weighted by atomic mass is 19.1. The normalized spacial score (nSPS) is 20.0. The fourth-order valence-corrected chi connectivity index (χ4v) is 6.68. The van der Waals surface area contributed by atoms with E-state index in [0.29, 0.717) is 36.6 Å². The molecule has 2 aliphatic heterocycles. The highest BCUT2D eigenvalue weighted by Crippen LogP contribution is 2.47. The number of rotatable bonds is 11. The SMILES string of the molecule is C=C(NC(C(=O)N1CCCC1C(=O)Nc1ccc(C2CCC(c3ccc(NC=O)cc3)N2c2cccc(F)c2)cc1)C(C)(C)C)OC. The maximum Gasteiger partial charge on any atom is 0.247 e. The Morgan fingerprint density at radius 1 is 0.957 bits per heavy atom. The van der Waals surface area contributed by atoms with Crippen LogP contribution in [-0.4, -0.2) is 48.9 Å². The Morgan fingerprint density at radius 3 is 2.13 bits per heavy atom. The summed E-state index contributed by atoms with van der Waals surface area (Å²) in [6, 6.07) is 20.9. The van der Waals surface area contributed by atoms with Crippen LogP contribution in [0.5, 0.6) is 0 Å². The molecule has 0 bridgehead atoms. The van der Waals surface area contributed by atoms with E-state index in [2.05, 4.69) is 27.4 Å². The molecule has 47 heavy (non-hydrogen) atoms. The van der Waals surface area contributed by atoms with Gasteiger partial charge in [0.05, 0.1) is 19.2 Å². The van der Waals surface area contributed by atoms with Crippen molar-refractivity contribution in [2.45, 2.75) is 70.6 Å². The van der Waals surface area contributed by atoms with Crippen LogP contribution in [0.15, 0.2) is 85.3 Å². The number of carbonyl (C=O) groups excluding carboxylic acids is 3. The lowest BCUT2D eigenvalue weighted by molar-refractivity contribution is -0.140. The average molecular weight is 642 g/mol. The zero-order valence-electron chi connectivity index (χ0n) is 27.5.